The molecule has 0 bridgehead atoms. The van der Waals surface area contributed by atoms with Gasteiger partial charge in [0.25, 0.3) is 0 Å². The van der Waals surface area contributed by atoms with Crippen LogP contribution in [0.1, 0.15) is 20.8 Å². The third kappa shape index (κ3) is 2.35. The highest BCUT2D eigenvalue weighted by atomic mass is 35.5. The summed E-state index contributed by atoms with van der Waals surface area (Å²) in [7, 11) is 1.60. The van der Waals surface area contributed by atoms with E-state index in [-0.39, 0.29) is 5.78 Å². The van der Waals surface area contributed by atoms with Gasteiger partial charge < -0.3 is 4.74 Å². The third-order valence-corrected chi connectivity index (χ3v) is 3.84. The van der Waals surface area contributed by atoms with Crippen molar-refractivity contribution in [2.75, 3.05) is 7.11 Å². The second-order valence-electron chi connectivity index (χ2n) is 3.61. The van der Waals surface area contributed by atoms with Crippen molar-refractivity contribution in [2.24, 2.45) is 0 Å². The summed E-state index contributed by atoms with van der Waals surface area (Å²) in [4.78, 5) is 12.8. The van der Waals surface area contributed by atoms with E-state index in [1.165, 1.54) is 11.3 Å². The fourth-order valence-corrected chi connectivity index (χ4v) is 2.69. The van der Waals surface area contributed by atoms with Crippen LogP contribution < -0.4 is 4.74 Å². The largest absolute Gasteiger partial charge is 0.497 e. The van der Waals surface area contributed by atoms with Gasteiger partial charge >= 0.3 is 0 Å². The quantitative estimate of drug-likeness (QED) is 0.787. The number of ketones is 1. The highest BCUT2D eigenvalue weighted by molar-refractivity contribution is 7.13. The van der Waals surface area contributed by atoms with Gasteiger partial charge in [-0.2, -0.15) is 0 Å². The Morgan fingerprint density at radius 3 is 2.65 bits per heavy atom. The Bertz CT molecular complexity index is 560. The summed E-state index contributed by atoms with van der Waals surface area (Å²) in [5, 5.41) is 2.32. The second-order valence-corrected chi connectivity index (χ2v) is 4.93. The number of carbonyl (C=O) groups is 1. The number of halogens is 1. The molecule has 2 aromatic rings. The van der Waals surface area contributed by atoms with Gasteiger partial charge in [0.2, 0.25) is 5.78 Å². The van der Waals surface area contributed by atoms with Crippen LogP contribution in [0.25, 0.3) is 0 Å². The lowest BCUT2D eigenvalue weighted by Gasteiger charge is -2.06. The van der Waals surface area contributed by atoms with Crippen LogP contribution in [0.4, 0.5) is 0 Å². The lowest BCUT2D eigenvalue weighted by atomic mass is 10.0. The molecule has 0 amide bonds. The van der Waals surface area contributed by atoms with Gasteiger partial charge in [-0.05, 0) is 42.1 Å². The molecule has 17 heavy (non-hydrogen) atoms. The summed E-state index contributed by atoms with van der Waals surface area (Å²) in [6.45, 7) is 1.89. The molecule has 0 fully saturated rings. The molecule has 0 atom stereocenters. The molecule has 0 saturated heterocycles. The van der Waals surface area contributed by atoms with Gasteiger partial charge in [0.05, 0.1) is 17.0 Å². The molecule has 0 aliphatic heterocycles. The molecule has 0 radical (unpaired) electrons. The van der Waals surface area contributed by atoms with Crippen LogP contribution in [0.3, 0.4) is 0 Å². The minimum Gasteiger partial charge on any atom is -0.497 e. The summed E-state index contributed by atoms with van der Waals surface area (Å²) in [5.74, 6) is 0.710. The molecule has 2 nitrogen and oxygen atoms in total. The van der Waals surface area contributed by atoms with Crippen LogP contribution >= 0.6 is 22.9 Å². The van der Waals surface area contributed by atoms with Crippen molar-refractivity contribution in [2.45, 2.75) is 6.92 Å². The molecular formula is C13H11ClO2S. The number of carbonyl (C=O) groups excluding carboxylic acids is 1. The van der Waals surface area contributed by atoms with Gasteiger partial charge in [-0.15, -0.1) is 11.3 Å². The first-order valence-electron chi connectivity index (χ1n) is 5.06. The molecule has 0 saturated carbocycles. The van der Waals surface area contributed by atoms with Crippen LogP contribution in [0.15, 0.2) is 29.6 Å². The average Bonchev–Trinajstić information content (AvgIpc) is 2.74. The molecule has 1 aromatic carbocycles. The van der Waals surface area contributed by atoms with E-state index < -0.39 is 0 Å². The molecule has 2 rings (SSSR count). The minimum atomic E-state index is -0.0369. The molecule has 88 valence electrons. The van der Waals surface area contributed by atoms with E-state index in [0.29, 0.717) is 15.5 Å². The van der Waals surface area contributed by atoms with E-state index in [1.807, 2.05) is 18.4 Å². The number of hydrogen-bond donors (Lipinski definition) is 0. The summed E-state index contributed by atoms with van der Waals surface area (Å²) < 4.78 is 5.11. The zero-order valence-corrected chi connectivity index (χ0v) is 11.1. The zero-order valence-electron chi connectivity index (χ0n) is 9.49. The predicted molar refractivity (Wildman–Crippen MR) is 70.5 cm³/mol. The number of methoxy groups -OCH3 is 1. The van der Waals surface area contributed by atoms with Gasteiger partial charge in [-0.3, -0.25) is 4.79 Å². The maximum atomic E-state index is 12.2. The van der Waals surface area contributed by atoms with Gasteiger partial charge in [-0.1, -0.05) is 11.6 Å². The number of benzene rings is 1. The van der Waals surface area contributed by atoms with Crippen molar-refractivity contribution in [1.82, 2.24) is 0 Å². The van der Waals surface area contributed by atoms with Crippen LogP contribution in [0.5, 0.6) is 5.75 Å². The van der Waals surface area contributed by atoms with Crippen LogP contribution in [-0.4, -0.2) is 12.9 Å². The molecule has 0 aliphatic carbocycles. The summed E-state index contributed by atoms with van der Waals surface area (Å²) in [6.07, 6.45) is 0. The van der Waals surface area contributed by atoms with E-state index in [1.54, 1.807) is 25.3 Å². The molecule has 1 aromatic heterocycles. The third-order valence-electron chi connectivity index (χ3n) is 2.50. The minimum absolute atomic E-state index is 0.0369. The highest BCUT2D eigenvalue weighted by Gasteiger charge is 2.16. The number of ether oxygens (including phenoxy) is 1. The number of thiophene rings is 1. The topological polar surface area (TPSA) is 26.3 Å². The molecule has 4 heteroatoms. The lowest BCUT2D eigenvalue weighted by molar-refractivity contribution is 0.104. The molecule has 0 aliphatic rings. The number of rotatable bonds is 3. The smallest absolute Gasteiger partial charge is 0.204 e. The van der Waals surface area contributed by atoms with E-state index in [0.717, 1.165) is 11.3 Å². The standard InChI is InChI=1S/C13H11ClO2S/c1-8-7-9(16-2)3-4-10(8)12(15)13-11(14)5-6-17-13/h3-7H,1-2H3. The van der Waals surface area contributed by atoms with Crippen molar-refractivity contribution in [3.63, 3.8) is 0 Å². The Morgan fingerprint density at radius 1 is 1.35 bits per heavy atom. The molecule has 0 unspecified atom stereocenters. The first-order chi connectivity index (χ1) is 8.13. The second kappa shape index (κ2) is 4.90. The number of hydrogen-bond acceptors (Lipinski definition) is 3. The van der Waals surface area contributed by atoms with Crippen LogP contribution in [-0.2, 0) is 0 Å². The monoisotopic (exact) mass is 266 g/mol. The van der Waals surface area contributed by atoms with Gasteiger partial charge in [0, 0.05) is 5.56 Å². The zero-order chi connectivity index (χ0) is 12.4. The van der Waals surface area contributed by atoms with Crippen molar-refractivity contribution >= 4 is 28.7 Å². The lowest BCUT2D eigenvalue weighted by Crippen LogP contribution is -2.02. The van der Waals surface area contributed by atoms with Gasteiger partial charge in [-0.25, -0.2) is 0 Å². The van der Waals surface area contributed by atoms with Crippen molar-refractivity contribution in [1.29, 1.82) is 0 Å². The van der Waals surface area contributed by atoms with E-state index in [9.17, 15) is 4.79 Å². The maximum absolute atomic E-state index is 12.2. The normalized spacial score (nSPS) is 10.3. The van der Waals surface area contributed by atoms with Crippen LogP contribution in [0, 0.1) is 6.92 Å². The van der Waals surface area contributed by atoms with Crippen molar-refractivity contribution < 1.29 is 9.53 Å². The Morgan fingerprint density at radius 2 is 2.12 bits per heavy atom. The molecule has 1 heterocycles. The van der Waals surface area contributed by atoms with Crippen LogP contribution in [0.2, 0.25) is 5.02 Å². The molecule has 0 spiro atoms. The highest BCUT2D eigenvalue weighted by Crippen LogP contribution is 2.27. The Balaban J connectivity index is 2.41. The van der Waals surface area contributed by atoms with E-state index >= 15 is 0 Å². The van der Waals surface area contributed by atoms with E-state index in [2.05, 4.69) is 0 Å². The van der Waals surface area contributed by atoms with Crippen molar-refractivity contribution in [3.8, 4) is 5.75 Å². The fraction of sp³-hybridized carbons (Fsp3) is 0.154. The first kappa shape index (κ1) is 12.1. The van der Waals surface area contributed by atoms with Gasteiger partial charge in [0.1, 0.15) is 5.75 Å². The summed E-state index contributed by atoms with van der Waals surface area (Å²) in [6, 6.07) is 7.13. The Labute approximate surface area is 109 Å². The first-order valence-corrected chi connectivity index (χ1v) is 6.31. The Kier molecular flexibility index (Phi) is 3.50. The average molecular weight is 267 g/mol. The SMILES string of the molecule is COc1ccc(C(=O)c2sccc2Cl)c(C)c1. The number of aryl methyl sites for hydroxylation is 1. The summed E-state index contributed by atoms with van der Waals surface area (Å²) in [5.41, 5.74) is 1.55. The van der Waals surface area contributed by atoms with Gasteiger partial charge in [0.15, 0.2) is 0 Å². The Hall–Kier alpha value is -1.32. The predicted octanol–water partition coefficient (Wildman–Crippen LogP) is 3.95. The van der Waals surface area contributed by atoms with E-state index in [4.69, 9.17) is 16.3 Å². The fourth-order valence-electron chi connectivity index (χ4n) is 1.60. The molecular weight excluding hydrogens is 256 g/mol. The molecule has 0 N–H and O–H groups in total. The summed E-state index contributed by atoms with van der Waals surface area (Å²) >= 11 is 7.32. The van der Waals surface area contributed by atoms with Crippen molar-refractivity contribution in [3.05, 3.63) is 50.7 Å². The maximum Gasteiger partial charge on any atom is 0.204 e.